The summed E-state index contributed by atoms with van der Waals surface area (Å²) < 4.78 is 4.93. The monoisotopic (exact) mass is 510 g/mol. The molecule has 0 aliphatic heterocycles. The molecule has 3 aromatic rings. The highest BCUT2D eigenvalue weighted by Crippen LogP contribution is 2.11. The lowest BCUT2D eigenvalue weighted by atomic mass is 10.6. The molecule has 0 saturated carbocycles. The van der Waals surface area contributed by atoms with Crippen molar-refractivity contribution in [2.75, 3.05) is 0 Å². The maximum atomic E-state index is 10.2. The smallest absolute Gasteiger partial charge is 0.322 e. The van der Waals surface area contributed by atoms with E-state index in [-0.39, 0.29) is 27.2 Å². The van der Waals surface area contributed by atoms with E-state index in [0.29, 0.717) is 13.1 Å². The van der Waals surface area contributed by atoms with E-state index in [2.05, 4.69) is 0 Å². The van der Waals surface area contributed by atoms with Crippen molar-refractivity contribution in [1.29, 1.82) is 0 Å². The molecule has 3 rings (SSSR count). The zero-order valence-corrected chi connectivity index (χ0v) is 23.0. The fraction of sp³-hybridized carbons (Fsp3) is 0.500. The number of hydrogen-bond donors (Lipinski definition) is 0. The Labute approximate surface area is 213 Å². The first kappa shape index (κ1) is 36.6. The summed E-state index contributed by atoms with van der Waals surface area (Å²) in [7, 11) is 0. The summed E-state index contributed by atoms with van der Waals surface area (Å²) in [6.45, 7) is 19.7. The molecule has 3 heterocycles. The molecule has 0 bridgehead atoms. The van der Waals surface area contributed by atoms with Crippen molar-refractivity contribution in [3.8, 4) is 0 Å². The summed E-state index contributed by atoms with van der Waals surface area (Å²) in [6, 6.07) is 7.81. The van der Waals surface area contributed by atoms with Crippen molar-refractivity contribution in [3.05, 3.63) is 85.5 Å². The molecule has 3 aromatic heterocycles. The van der Waals surface area contributed by atoms with E-state index in [9.17, 15) is 30.3 Å². The predicted molar refractivity (Wildman–Crippen MR) is 144 cm³/mol. The van der Waals surface area contributed by atoms with Gasteiger partial charge in [0.05, 0.1) is 36.6 Å². The second-order valence-corrected chi connectivity index (χ2v) is 5.78. The summed E-state index contributed by atoms with van der Waals surface area (Å²) in [5, 5.41) is 30.6. The van der Waals surface area contributed by atoms with Crippen LogP contribution in [0.5, 0.6) is 0 Å². The van der Waals surface area contributed by atoms with E-state index in [1.165, 1.54) is 24.4 Å². The summed E-state index contributed by atoms with van der Waals surface area (Å²) in [5.41, 5.74) is 0.154. The predicted octanol–water partition coefficient (Wildman–Crippen LogP) is 7.33. The zero-order chi connectivity index (χ0) is 28.7. The van der Waals surface area contributed by atoms with Crippen molar-refractivity contribution in [3.63, 3.8) is 0 Å². The van der Waals surface area contributed by atoms with E-state index in [4.69, 9.17) is 0 Å². The lowest BCUT2D eigenvalue weighted by Gasteiger charge is -1.95. The Morgan fingerprint density at radius 2 is 1.00 bits per heavy atom. The topological polar surface area (TPSA) is 144 Å². The van der Waals surface area contributed by atoms with Crippen molar-refractivity contribution >= 4 is 17.3 Å². The van der Waals surface area contributed by atoms with E-state index in [0.717, 1.165) is 6.54 Å². The van der Waals surface area contributed by atoms with Gasteiger partial charge in [-0.2, -0.15) is 0 Å². The van der Waals surface area contributed by atoms with Crippen LogP contribution in [0.4, 0.5) is 17.3 Å². The molecule has 12 nitrogen and oxygen atoms in total. The Morgan fingerprint density at radius 1 is 0.611 bits per heavy atom. The number of aromatic nitrogens is 3. The number of nitro groups is 3. The van der Waals surface area contributed by atoms with E-state index < -0.39 is 4.92 Å². The Balaban J connectivity index is -0.000000410. The first-order valence-electron chi connectivity index (χ1n) is 12.1. The van der Waals surface area contributed by atoms with Crippen molar-refractivity contribution in [2.24, 2.45) is 0 Å². The van der Waals surface area contributed by atoms with E-state index >= 15 is 0 Å². The standard InChI is InChI=1S/3C6H8N2O2.3C2H6/c1-2-7-4-3-6(5-7)8(9)10;2*1-2-7-5-3-4-6(7)8(9)10;3*1-2/h3*3-5H,2H2,1H3;3*1-2H3. The highest BCUT2D eigenvalue weighted by Gasteiger charge is 2.08. The molecule has 0 saturated heterocycles. The number of nitrogens with zero attached hydrogens (tertiary/aromatic N) is 6. The molecule has 12 heteroatoms. The Bertz CT molecular complexity index is 925. The van der Waals surface area contributed by atoms with Gasteiger partial charge in [0.1, 0.15) is 0 Å². The minimum atomic E-state index is -0.397. The van der Waals surface area contributed by atoms with Crippen LogP contribution >= 0.6 is 0 Å². The molecule has 0 N–H and O–H groups in total. The quantitative estimate of drug-likeness (QED) is 0.251. The molecule has 0 aliphatic rings. The van der Waals surface area contributed by atoms with Crippen LogP contribution in [-0.4, -0.2) is 28.5 Å². The first-order valence-corrected chi connectivity index (χ1v) is 12.1. The van der Waals surface area contributed by atoms with Crippen LogP contribution < -0.4 is 0 Å². The molecule has 0 atom stereocenters. The van der Waals surface area contributed by atoms with Gasteiger partial charge in [0.25, 0.3) is 5.69 Å². The van der Waals surface area contributed by atoms with Crippen LogP contribution in [0, 0.1) is 30.3 Å². The second kappa shape index (κ2) is 22.8. The van der Waals surface area contributed by atoms with Gasteiger partial charge in [-0.1, -0.05) is 41.5 Å². The van der Waals surface area contributed by atoms with E-state index in [1.54, 1.807) is 44.4 Å². The normalized spacial score (nSPS) is 8.58. The third kappa shape index (κ3) is 13.7. The lowest BCUT2D eigenvalue weighted by Crippen LogP contribution is -1.98. The summed E-state index contributed by atoms with van der Waals surface area (Å²) in [4.78, 5) is 29.4. The maximum Gasteiger partial charge on any atom is 0.322 e. The van der Waals surface area contributed by atoms with Gasteiger partial charge in [-0.15, -0.1) is 0 Å². The van der Waals surface area contributed by atoms with Gasteiger partial charge in [0, 0.05) is 30.9 Å². The minimum absolute atomic E-state index is 0.154. The molecular weight excluding hydrogens is 468 g/mol. The lowest BCUT2D eigenvalue weighted by molar-refractivity contribution is -0.392. The van der Waals surface area contributed by atoms with Gasteiger partial charge in [-0.3, -0.25) is 10.1 Å². The van der Waals surface area contributed by atoms with Crippen LogP contribution in [0.2, 0.25) is 0 Å². The van der Waals surface area contributed by atoms with Crippen molar-refractivity contribution < 1.29 is 14.8 Å². The third-order valence-corrected chi connectivity index (χ3v) is 3.98. The maximum absolute atomic E-state index is 10.2. The van der Waals surface area contributed by atoms with Gasteiger partial charge < -0.3 is 24.8 Å². The number of aryl methyl sites for hydroxylation is 3. The Kier molecular flexibility index (Phi) is 23.2. The third-order valence-electron chi connectivity index (χ3n) is 3.98. The van der Waals surface area contributed by atoms with Crippen LogP contribution in [0.3, 0.4) is 0 Å². The van der Waals surface area contributed by atoms with Gasteiger partial charge in [-0.25, -0.2) is 9.13 Å². The van der Waals surface area contributed by atoms with Crippen LogP contribution in [0.15, 0.2) is 55.1 Å². The molecule has 0 aliphatic carbocycles. The van der Waals surface area contributed by atoms with Gasteiger partial charge in [0.15, 0.2) is 0 Å². The molecule has 36 heavy (non-hydrogen) atoms. The second-order valence-electron chi connectivity index (χ2n) is 5.78. The van der Waals surface area contributed by atoms with E-state index in [1.807, 2.05) is 62.3 Å². The van der Waals surface area contributed by atoms with Crippen LogP contribution in [0.1, 0.15) is 62.3 Å². The molecule has 0 amide bonds. The highest BCUT2D eigenvalue weighted by molar-refractivity contribution is 5.25. The van der Waals surface area contributed by atoms with Gasteiger partial charge in [-0.05, 0) is 42.8 Å². The molecule has 204 valence electrons. The van der Waals surface area contributed by atoms with Crippen LogP contribution in [0.25, 0.3) is 0 Å². The number of hydrogen-bond acceptors (Lipinski definition) is 6. The molecule has 0 aromatic carbocycles. The fourth-order valence-electron chi connectivity index (χ4n) is 2.41. The van der Waals surface area contributed by atoms with Crippen molar-refractivity contribution in [2.45, 2.75) is 81.9 Å². The first-order chi connectivity index (χ1) is 17.2. The Hall–Kier alpha value is -3.96. The minimum Gasteiger partial charge on any atom is -0.358 e. The summed E-state index contributed by atoms with van der Waals surface area (Å²) in [6.07, 6.45) is 6.59. The average molecular weight is 511 g/mol. The summed E-state index contributed by atoms with van der Waals surface area (Å²) >= 11 is 0. The SMILES string of the molecule is CC.CC.CC.CCn1ccc([N+](=O)[O-])c1.CCn1cccc1[N+](=O)[O-].CCn1cccc1[N+](=O)[O-]. The Morgan fingerprint density at radius 3 is 1.19 bits per heavy atom. The molecule has 0 unspecified atom stereocenters. The molecule has 0 fully saturated rings. The highest BCUT2D eigenvalue weighted by atomic mass is 16.6. The largest absolute Gasteiger partial charge is 0.358 e. The van der Waals surface area contributed by atoms with Gasteiger partial charge >= 0.3 is 11.6 Å². The number of rotatable bonds is 6. The average Bonchev–Trinajstić information content (AvgIpc) is 3.68. The molecule has 0 radical (unpaired) electrons. The summed E-state index contributed by atoms with van der Waals surface area (Å²) in [5.74, 6) is 0.310. The zero-order valence-electron chi connectivity index (χ0n) is 23.0. The molecular formula is C24H42N6O6. The van der Waals surface area contributed by atoms with Crippen molar-refractivity contribution in [1.82, 2.24) is 13.7 Å². The van der Waals surface area contributed by atoms with Gasteiger partial charge in [0.2, 0.25) is 0 Å². The fourth-order valence-corrected chi connectivity index (χ4v) is 2.41. The van der Waals surface area contributed by atoms with Crippen LogP contribution in [-0.2, 0) is 19.6 Å². The molecule has 0 spiro atoms.